The number of piperidine rings is 1. The number of rotatable bonds is 8. The standard InChI is InChI=1S/C24H28FN5OS/c1-18-7-3-4-8-19(18)15-26-23(31)17-32-24-28-27-22(16-29-13-5-2-6-14-29)30(24)21-11-9-20(25)10-12-21/h3-4,7-12H,2,5-6,13-17H2,1H3,(H,26,31). The molecule has 6 nitrogen and oxygen atoms in total. The number of halogens is 1. The van der Waals surface area contributed by atoms with Crippen LogP contribution in [0.3, 0.4) is 0 Å². The van der Waals surface area contributed by atoms with Gasteiger partial charge in [-0.25, -0.2) is 4.39 Å². The monoisotopic (exact) mass is 453 g/mol. The van der Waals surface area contributed by atoms with Crippen molar-refractivity contribution in [3.63, 3.8) is 0 Å². The summed E-state index contributed by atoms with van der Waals surface area (Å²) in [5.74, 6) is 0.685. The Bertz CT molecular complexity index is 1050. The highest BCUT2D eigenvalue weighted by Gasteiger charge is 2.19. The molecule has 1 aromatic heterocycles. The highest BCUT2D eigenvalue weighted by atomic mass is 32.2. The molecule has 0 radical (unpaired) electrons. The number of thioether (sulfide) groups is 1. The van der Waals surface area contributed by atoms with Crippen LogP contribution in [-0.4, -0.2) is 44.4 Å². The summed E-state index contributed by atoms with van der Waals surface area (Å²) < 4.78 is 15.4. The molecule has 0 unspecified atom stereocenters. The van der Waals surface area contributed by atoms with Crippen molar-refractivity contribution in [1.29, 1.82) is 0 Å². The Morgan fingerprint density at radius 1 is 1.06 bits per heavy atom. The predicted octanol–water partition coefficient (Wildman–Crippen LogP) is 4.11. The molecule has 0 saturated carbocycles. The molecule has 1 aliphatic rings. The van der Waals surface area contributed by atoms with Crippen LogP contribution in [0, 0.1) is 12.7 Å². The lowest BCUT2D eigenvalue weighted by molar-refractivity contribution is -0.118. The molecule has 168 valence electrons. The molecule has 0 spiro atoms. The molecule has 1 fully saturated rings. The number of amides is 1. The minimum absolute atomic E-state index is 0.0653. The maximum absolute atomic E-state index is 13.5. The van der Waals surface area contributed by atoms with E-state index in [1.165, 1.54) is 43.2 Å². The fraction of sp³-hybridized carbons (Fsp3) is 0.375. The van der Waals surface area contributed by atoms with Crippen molar-refractivity contribution >= 4 is 17.7 Å². The molecule has 3 aromatic rings. The lowest BCUT2D eigenvalue weighted by Crippen LogP contribution is -2.30. The van der Waals surface area contributed by atoms with Gasteiger partial charge in [0.25, 0.3) is 0 Å². The van der Waals surface area contributed by atoms with Gasteiger partial charge < -0.3 is 5.32 Å². The molecule has 32 heavy (non-hydrogen) atoms. The Kier molecular flexibility index (Phi) is 7.55. The first kappa shape index (κ1) is 22.5. The molecule has 0 bridgehead atoms. The minimum Gasteiger partial charge on any atom is -0.351 e. The van der Waals surface area contributed by atoms with Crippen LogP contribution >= 0.6 is 11.8 Å². The Hall–Kier alpha value is -2.71. The van der Waals surface area contributed by atoms with E-state index in [9.17, 15) is 9.18 Å². The van der Waals surface area contributed by atoms with Gasteiger partial charge in [0, 0.05) is 12.2 Å². The van der Waals surface area contributed by atoms with Crippen LogP contribution in [0.25, 0.3) is 5.69 Å². The molecule has 1 N–H and O–H groups in total. The molecular weight excluding hydrogens is 425 g/mol. The lowest BCUT2D eigenvalue weighted by Gasteiger charge is -2.26. The van der Waals surface area contributed by atoms with E-state index >= 15 is 0 Å². The number of benzene rings is 2. The predicted molar refractivity (Wildman–Crippen MR) is 124 cm³/mol. The van der Waals surface area contributed by atoms with Gasteiger partial charge in [0.2, 0.25) is 5.91 Å². The summed E-state index contributed by atoms with van der Waals surface area (Å²) in [4.78, 5) is 14.8. The molecule has 2 aromatic carbocycles. The van der Waals surface area contributed by atoms with Crippen LogP contribution in [0.15, 0.2) is 53.7 Å². The van der Waals surface area contributed by atoms with Crippen LogP contribution in [0.1, 0.15) is 36.2 Å². The van der Waals surface area contributed by atoms with E-state index in [1.54, 1.807) is 12.1 Å². The van der Waals surface area contributed by atoms with Crippen molar-refractivity contribution in [3.8, 4) is 5.69 Å². The van der Waals surface area contributed by atoms with Crippen molar-refractivity contribution in [2.24, 2.45) is 0 Å². The minimum atomic E-state index is -0.288. The van der Waals surface area contributed by atoms with Gasteiger partial charge in [-0.3, -0.25) is 14.3 Å². The molecule has 4 rings (SSSR count). The van der Waals surface area contributed by atoms with Gasteiger partial charge in [-0.2, -0.15) is 0 Å². The Labute approximate surface area is 192 Å². The summed E-state index contributed by atoms with van der Waals surface area (Å²) in [5.41, 5.74) is 3.05. The van der Waals surface area contributed by atoms with Crippen LogP contribution in [0.5, 0.6) is 0 Å². The average molecular weight is 454 g/mol. The second-order valence-electron chi connectivity index (χ2n) is 8.04. The Balaban J connectivity index is 1.45. The van der Waals surface area contributed by atoms with Crippen LogP contribution in [0.2, 0.25) is 0 Å². The Morgan fingerprint density at radius 3 is 2.56 bits per heavy atom. The van der Waals surface area contributed by atoms with Crippen molar-refractivity contribution in [3.05, 3.63) is 71.3 Å². The van der Waals surface area contributed by atoms with E-state index in [0.29, 0.717) is 18.2 Å². The number of hydrogen-bond donors (Lipinski definition) is 1. The molecule has 2 heterocycles. The first-order chi connectivity index (χ1) is 15.6. The number of nitrogens with zero attached hydrogens (tertiary/aromatic N) is 4. The summed E-state index contributed by atoms with van der Waals surface area (Å²) in [6.07, 6.45) is 3.64. The summed E-state index contributed by atoms with van der Waals surface area (Å²) >= 11 is 1.34. The van der Waals surface area contributed by atoms with Gasteiger partial charge in [-0.15, -0.1) is 10.2 Å². The zero-order valence-electron chi connectivity index (χ0n) is 18.3. The first-order valence-corrected chi connectivity index (χ1v) is 12.0. The van der Waals surface area contributed by atoms with Gasteiger partial charge in [-0.1, -0.05) is 42.4 Å². The number of aromatic nitrogens is 3. The van der Waals surface area contributed by atoms with Crippen LogP contribution in [-0.2, 0) is 17.9 Å². The topological polar surface area (TPSA) is 63.1 Å². The number of carbonyl (C=O) groups excluding carboxylic acids is 1. The molecule has 0 aliphatic carbocycles. The van der Waals surface area contributed by atoms with Crippen molar-refractivity contribution in [2.75, 3.05) is 18.8 Å². The van der Waals surface area contributed by atoms with E-state index in [0.717, 1.165) is 35.7 Å². The second-order valence-corrected chi connectivity index (χ2v) is 8.98. The number of carbonyl (C=O) groups is 1. The van der Waals surface area contributed by atoms with E-state index in [-0.39, 0.29) is 17.5 Å². The number of hydrogen-bond acceptors (Lipinski definition) is 5. The fourth-order valence-electron chi connectivity index (χ4n) is 3.85. The maximum Gasteiger partial charge on any atom is 0.230 e. The third-order valence-electron chi connectivity index (χ3n) is 5.67. The highest BCUT2D eigenvalue weighted by Crippen LogP contribution is 2.24. The largest absolute Gasteiger partial charge is 0.351 e. The van der Waals surface area contributed by atoms with Gasteiger partial charge in [0.05, 0.1) is 12.3 Å². The molecule has 1 saturated heterocycles. The van der Waals surface area contributed by atoms with E-state index < -0.39 is 0 Å². The molecule has 1 amide bonds. The zero-order valence-corrected chi connectivity index (χ0v) is 19.1. The number of likely N-dealkylation sites (tertiary alicyclic amines) is 1. The molecule has 1 aliphatic heterocycles. The average Bonchev–Trinajstić information content (AvgIpc) is 3.20. The summed E-state index contributed by atoms with van der Waals surface area (Å²) in [7, 11) is 0. The van der Waals surface area contributed by atoms with Crippen LogP contribution in [0.4, 0.5) is 4.39 Å². The Morgan fingerprint density at radius 2 is 1.81 bits per heavy atom. The van der Waals surface area contributed by atoms with Gasteiger partial charge in [0.1, 0.15) is 5.82 Å². The van der Waals surface area contributed by atoms with Gasteiger partial charge in [0.15, 0.2) is 11.0 Å². The quantitative estimate of drug-likeness (QED) is 0.520. The van der Waals surface area contributed by atoms with Crippen molar-refractivity contribution in [2.45, 2.75) is 44.4 Å². The third kappa shape index (κ3) is 5.75. The molecule has 0 atom stereocenters. The number of aryl methyl sites for hydroxylation is 1. The van der Waals surface area contributed by atoms with Crippen molar-refractivity contribution < 1.29 is 9.18 Å². The molecule has 8 heteroatoms. The third-order valence-corrected chi connectivity index (χ3v) is 6.60. The number of nitrogens with one attached hydrogen (secondary N) is 1. The second kappa shape index (κ2) is 10.7. The normalized spacial score (nSPS) is 14.4. The van der Waals surface area contributed by atoms with Gasteiger partial charge in [-0.05, 0) is 68.2 Å². The summed E-state index contributed by atoms with van der Waals surface area (Å²) in [6.45, 7) is 5.30. The van der Waals surface area contributed by atoms with Gasteiger partial charge >= 0.3 is 0 Å². The van der Waals surface area contributed by atoms with Crippen LogP contribution < -0.4 is 5.32 Å². The summed E-state index contributed by atoms with van der Waals surface area (Å²) in [5, 5.41) is 12.4. The summed E-state index contributed by atoms with van der Waals surface area (Å²) in [6, 6.07) is 14.3. The lowest BCUT2D eigenvalue weighted by atomic mass is 10.1. The van der Waals surface area contributed by atoms with E-state index in [2.05, 4.69) is 20.4 Å². The fourth-order valence-corrected chi connectivity index (χ4v) is 4.65. The highest BCUT2D eigenvalue weighted by molar-refractivity contribution is 7.99. The molecular formula is C24H28FN5OS. The first-order valence-electron chi connectivity index (χ1n) is 11.0. The van der Waals surface area contributed by atoms with E-state index in [4.69, 9.17) is 0 Å². The SMILES string of the molecule is Cc1ccccc1CNC(=O)CSc1nnc(CN2CCCCC2)n1-c1ccc(F)cc1. The van der Waals surface area contributed by atoms with Crippen molar-refractivity contribution in [1.82, 2.24) is 25.0 Å². The zero-order chi connectivity index (χ0) is 22.3. The smallest absolute Gasteiger partial charge is 0.230 e. The van der Waals surface area contributed by atoms with E-state index in [1.807, 2.05) is 35.8 Å². The maximum atomic E-state index is 13.5.